The Hall–Kier alpha value is -2.75. The van der Waals surface area contributed by atoms with Crippen LogP contribution in [0.2, 0.25) is 0 Å². The van der Waals surface area contributed by atoms with Crippen LogP contribution in [-0.2, 0) is 0 Å². The van der Waals surface area contributed by atoms with Crippen LogP contribution < -0.4 is 16.2 Å². The van der Waals surface area contributed by atoms with E-state index in [9.17, 15) is 25.0 Å². The predicted molar refractivity (Wildman–Crippen MR) is 82.0 cm³/mol. The molecule has 23 heavy (non-hydrogen) atoms. The number of nitro groups is 2. The molecule has 0 unspecified atom stereocenters. The summed E-state index contributed by atoms with van der Waals surface area (Å²) in [5, 5.41) is 22.3. The Kier molecular flexibility index (Phi) is 4.74. The molecular weight excluding hydrogens is 306 g/mol. The van der Waals surface area contributed by atoms with Crippen molar-refractivity contribution in [1.82, 2.24) is 5.43 Å². The molecule has 1 aromatic rings. The summed E-state index contributed by atoms with van der Waals surface area (Å²) in [4.78, 5) is 34.5. The second kappa shape index (κ2) is 6.57. The number of piperidine rings is 1. The van der Waals surface area contributed by atoms with E-state index >= 15 is 0 Å². The van der Waals surface area contributed by atoms with Gasteiger partial charge in [-0.15, -0.1) is 0 Å². The van der Waals surface area contributed by atoms with Crippen LogP contribution in [0.5, 0.6) is 0 Å². The molecule has 0 aliphatic carbocycles. The summed E-state index contributed by atoms with van der Waals surface area (Å²) in [7, 11) is 0. The monoisotopic (exact) mass is 323 g/mol. The molecule has 0 aromatic heterocycles. The van der Waals surface area contributed by atoms with E-state index in [4.69, 9.17) is 5.84 Å². The van der Waals surface area contributed by atoms with Crippen molar-refractivity contribution in [2.75, 3.05) is 18.0 Å². The minimum atomic E-state index is -0.801. The SMILES string of the molecule is CC1CCN(c2c(C(=O)NN)cc([N+](=O)[O-])cc2[N+](=O)[O-])CC1. The third-order valence-electron chi connectivity index (χ3n) is 3.96. The number of nitrogens with one attached hydrogen (secondary N) is 1. The molecule has 124 valence electrons. The number of hydrazine groups is 1. The molecule has 1 saturated heterocycles. The number of amides is 1. The Morgan fingerprint density at radius 2 is 1.87 bits per heavy atom. The minimum absolute atomic E-state index is 0.0791. The second-order valence-corrected chi connectivity index (χ2v) is 5.52. The fourth-order valence-electron chi connectivity index (χ4n) is 2.66. The summed E-state index contributed by atoms with van der Waals surface area (Å²) < 4.78 is 0. The average Bonchev–Trinajstić information content (AvgIpc) is 2.53. The van der Waals surface area contributed by atoms with Gasteiger partial charge in [-0.2, -0.15) is 0 Å². The molecule has 1 heterocycles. The van der Waals surface area contributed by atoms with Gasteiger partial charge in [-0.3, -0.25) is 30.4 Å². The van der Waals surface area contributed by atoms with Crippen molar-refractivity contribution in [2.45, 2.75) is 19.8 Å². The van der Waals surface area contributed by atoms with Crippen molar-refractivity contribution in [3.05, 3.63) is 37.9 Å². The van der Waals surface area contributed by atoms with Crippen LogP contribution in [0.25, 0.3) is 0 Å². The fourth-order valence-corrected chi connectivity index (χ4v) is 2.66. The van der Waals surface area contributed by atoms with Gasteiger partial charge < -0.3 is 4.90 Å². The molecule has 0 radical (unpaired) electrons. The van der Waals surface area contributed by atoms with E-state index in [1.165, 1.54) is 0 Å². The number of nitrogens with zero attached hydrogens (tertiary/aromatic N) is 3. The van der Waals surface area contributed by atoms with Gasteiger partial charge in [0.15, 0.2) is 0 Å². The quantitative estimate of drug-likeness (QED) is 0.368. The molecule has 1 amide bonds. The number of nitro benzene ring substituents is 2. The summed E-state index contributed by atoms with van der Waals surface area (Å²) in [6.07, 6.45) is 1.63. The van der Waals surface area contributed by atoms with E-state index in [0.717, 1.165) is 25.0 Å². The number of non-ortho nitro benzene ring substituents is 1. The molecular formula is C13H17N5O5. The lowest BCUT2D eigenvalue weighted by Gasteiger charge is -2.32. The first-order valence-electron chi connectivity index (χ1n) is 7.07. The molecule has 1 aliphatic heterocycles. The highest BCUT2D eigenvalue weighted by molar-refractivity contribution is 6.02. The van der Waals surface area contributed by atoms with Crippen molar-refractivity contribution in [1.29, 1.82) is 0 Å². The summed E-state index contributed by atoms with van der Waals surface area (Å²) in [6.45, 7) is 3.14. The number of carbonyl (C=O) groups excluding carboxylic acids is 1. The van der Waals surface area contributed by atoms with Crippen LogP contribution in [0.1, 0.15) is 30.1 Å². The number of anilines is 1. The molecule has 2 rings (SSSR count). The molecule has 3 N–H and O–H groups in total. The van der Waals surface area contributed by atoms with Gasteiger partial charge in [0.1, 0.15) is 5.69 Å². The van der Waals surface area contributed by atoms with Crippen LogP contribution in [0.3, 0.4) is 0 Å². The zero-order chi connectivity index (χ0) is 17.1. The molecule has 1 aliphatic rings. The van der Waals surface area contributed by atoms with Gasteiger partial charge >= 0.3 is 0 Å². The molecule has 0 atom stereocenters. The summed E-state index contributed by atoms with van der Waals surface area (Å²) >= 11 is 0. The number of hydrogen-bond donors (Lipinski definition) is 2. The van der Waals surface area contributed by atoms with Crippen molar-refractivity contribution >= 4 is 23.0 Å². The zero-order valence-electron chi connectivity index (χ0n) is 12.5. The topological polar surface area (TPSA) is 145 Å². The Morgan fingerprint density at radius 1 is 1.26 bits per heavy atom. The highest BCUT2D eigenvalue weighted by atomic mass is 16.6. The van der Waals surface area contributed by atoms with Crippen LogP contribution >= 0.6 is 0 Å². The van der Waals surface area contributed by atoms with Crippen molar-refractivity contribution in [2.24, 2.45) is 11.8 Å². The van der Waals surface area contributed by atoms with Crippen molar-refractivity contribution in [3.63, 3.8) is 0 Å². The maximum absolute atomic E-state index is 12.0. The molecule has 10 heteroatoms. The fraction of sp³-hybridized carbons (Fsp3) is 0.462. The number of nitrogen functional groups attached to an aromatic ring is 1. The summed E-state index contributed by atoms with van der Waals surface area (Å²) in [5.74, 6) is 4.80. The first kappa shape index (κ1) is 16.6. The van der Waals surface area contributed by atoms with Crippen LogP contribution in [0.4, 0.5) is 17.1 Å². The molecule has 1 aromatic carbocycles. The van der Waals surface area contributed by atoms with E-state index in [2.05, 4.69) is 6.92 Å². The third kappa shape index (κ3) is 3.37. The first-order valence-corrected chi connectivity index (χ1v) is 7.07. The van der Waals surface area contributed by atoms with Crippen LogP contribution in [0.15, 0.2) is 12.1 Å². The minimum Gasteiger partial charge on any atom is -0.365 e. The highest BCUT2D eigenvalue weighted by Crippen LogP contribution is 2.38. The number of nitrogens with two attached hydrogens (primary N) is 1. The molecule has 0 spiro atoms. The number of carbonyl (C=O) groups is 1. The van der Waals surface area contributed by atoms with Gasteiger partial charge in [0.05, 0.1) is 21.5 Å². The first-order chi connectivity index (χ1) is 10.8. The number of benzene rings is 1. The average molecular weight is 323 g/mol. The maximum Gasteiger partial charge on any atom is 0.300 e. The van der Waals surface area contributed by atoms with Gasteiger partial charge in [0.25, 0.3) is 17.3 Å². The predicted octanol–water partition coefficient (Wildman–Crippen LogP) is 1.34. The van der Waals surface area contributed by atoms with Gasteiger partial charge in [-0.05, 0) is 18.8 Å². The van der Waals surface area contributed by atoms with Gasteiger partial charge in [-0.25, -0.2) is 5.84 Å². The zero-order valence-corrected chi connectivity index (χ0v) is 12.5. The van der Waals surface area contributed by atoms with E-state index in [1.54, 1.807) is 4.90 Å². The normalized spacial score (nSPS) is 15.3. The largest absolute Gasteiger partial charge is 0.365 e. The Morgan fingerprint density at radius 3 is 2.35 bits per heavy atom. The Bertz CT molecular complexity index is 654. The number of rotatable bonds is 4. The van der Waals surface area contributed by atoms with E-state index < -0.39 is 27.1 Å². The lowest BCUT2D eigenvalue weighted by molar-refractivity contribution is -0.393. The number of hydrogen-bond acceptors (Lipinski definition) is 7. The van der Waals surface area contributed by atoms with E-state index in [1.807, 2.05) is 5.43 Å². The van der Waals surface area contributed by atoms with Gasteiger partial charge in [0.2, 0.25) is 0 Å². The van der Waals surface area contributed by atoms with Gasteiger partial charge in [0, 0.05) is 19.2 Å². The van der Waals surface area contributed by atoms with Crippen molar-refractivity contribution < 1.29 is 14.6 Å². The van der Waals surface area contributed by atoms with E-state index in [-0.39, 0.29) is 11.3 Å². The van der Waals surface area contributed by atoms with Crippen molar-refractivity contribution in [3.8, 4) is 0 Å². The highest BCUT2D eigenvalue weighted by Gasteiger charge is 2.32. The third-order valence-corrected chi connectivity index (χ3v) is 3.96. The lowest BCUT2D eigenvalue weighted by Crippen LogP contribution is -2.37. The Labute approximate surface area is 131 Å². The molecule has 0 saturated carbocycles. The standard InChI is InChI=1S/C13H17N5O5/c1-8-2-4-16(5-3-8)12-10(13(19)15-14)6-9(17(20)21)7-11(12)18(22)23/h6-8H,2-5,14H2,1H3,(H,15,19). The summed E-state index contributed by atoms with van der Waals surface area (Å²) in [5.41, 5.74) is 0.817. The van der Waals surface area contributed by atoms with Gasteiger partial charge in [-0.1, -0.05) is 6.92 Å². The molecule has 0 bridgehead atoms. The van der Waals surface area contributed by atoms with E-state index in [0.29, 0.717) is 19.0 Å². The molecule has 1 fully saturated rings. The molecule has 10 nitrogen and oxygen atoms in total. The van der Waals surface area contributed by atoms with Crippen LogP contribution in [-0.4, -0.2) is 28.8 Å². The van der Waals surface area contributed by atoms with Crippen LogP contribution in [0, 0.1) is 26.1 Å². The Balaban J connectivity index is 2.62. The smallest absolute Gasteiger partial charge is 0.300 e. The second-order valence-electron chi connectivity index (χ2n) is 5.52. The lowest BCUT2D eigenvalue weighted by atomic mass is 9.97. The maximum atomic E-state index is 12.0. The summed E-state index contributed by atoms with van der Waals surface area (Å²) in [6, 6.07) is 1.89.